The summed E-state index contributed by atoms with van der Waals surface area (Å²) >= 11 is 0. The molecule has 1 fully saturated rings. The van der Waals surface area contributed by atoms with Crippen molar-refractivity contribution < 1.29 is 4.79 Å². The molecule has 0 radical (unpaired) electrons. The maximum absolute atomic E-state index is 12.3. The highest BCUT2D eigenvalue weighted by atomic mass is 16.1. The Kier molecular flexibility index (Phi) is 5.37. The first-order valence-electron chi connectivity index (χ1n) is 8.26. The third-order valence-electron chi connectivity index (χ3n) is 4.24. The van der Waals surface area contributed by atoms with E-state index in [9.17, 15) is 4.79 Å². The van der Waals surface area contributed by atoms with Gasteiger partial charge in [0.05, 0.1) is 6.20 Å². The van der Waals surface area contributed by atoms with E-state index >= 15 is 0 Å². The summed E-state index contributed by atoms with van der Waals surface area (Å²) in [5.74, 6) is 0.512. The van der Waals surface area contributed by atoms with E-state index in [0.717, 1.165) is 31.6 Å². The summed E-state index contributed by atoms with van der Waals surface area (Å²) in [6.07, 6.45) is 6.70. The van der Waals surface area contributed by atoms with E-state index in [-0.39, 0.29) is 5.91 Å². The lowest BCUT2D eigenvalue weighted by Gasteiger charge is -2.23. The Bertz CT molecular complexity index is 620. The van der Waals surface area contributed by atoms with Crippen LogP contribution in [0.2, 0.25) is 0 Å². The van der Waals surface area contributed by atoms with E-state index in [1.54, 1.807) is 10.9 Å². The summed E-state index contributed by atoms with van der Waals surface area (Å²) in [4.78, 5) is 12.3. The highest BCUT2D eigenvalue weighted by Gasteiger charge is 2.16. The molecule has 2 heterocycles. The lowest BCUT2D eigenvalue weighted by atomic mass is 9.90. The molecule has 1 atom stereocenters. The molecule has 1 aromatic heterocycles. The van der Waals surface area contributed by atoms with E-state index in [1.165, 1.54) is 18.4 Å². The zero-order chi connectivity index (χ0) is 15.9. The van der Waals surface area contributed by atoms with Crippen LogP contribution in [0.4, 0.5) is 0 Å². The summed E-state index contributed by atoms with van der Waals surface area (Å²) in [5, 5.41) is 14.1. The van der Waals surface area contributed by atoms with Crippen LogP contribution in [0.5, 0.6) is 0 Å². The molecule has 23 heavy (non-hydrogen) atoms. The minimum absolute atomic E-state index is 0.00536. The fourth-order valence-corrected chi connectivity index (χ4v) is 2.97. The molecule has 2 N–H and O–H groups in total. The maximum Gasteiger partial charge on any atom is 0.251 e. The predicted molar refractivity (Wildman–Crippen MR) is 88.3 cm³/mol. The Balaban J connectivity index is 1.50. The molecule has 6 nitrogen and oxygen atoms in total. The molecule has 122 valence electrons. The average molecular weight is 313 g/mol. The Morgan fingerprint density at radius 2 is 2.39 bits per heavy atom. The number of hydrogen-bond acceptors (Lipinski definition) is 4. The van der Waals surface area contributed by atoms with E-state index in [0.29, 0.717) is 12.5 Å². The quantitative estimate of drug-likeness (QED) is 0.794. The van der Waals surface area contributed by atoms with E-state index in [2.05, 4.69) is 27.0 Å². The number of amides is 1. The summed E-state index contributed by atoms with van der Waals surface area (Å²) in [5.41, 5.74) is 2.00. The third-order valence-corrected chi connectivity index (χ3v) is 4.24. The van der Waals surface area contributed by atoms with Crippen molar-refractivity contribution in [3.8, 4) is 0 Å². The van der Waals surface area contributed by atoms with Crippen molar-refractivity contribution in [3.63, 3.8) is 0 Å². The van der Waals surface area contributed by atoms with Gasteiger partial charge in [0.1, 0.15) is 0 Å². The Morgan fingerprint density at radius 1 is 1.43 bits per heavy atom. The van der Waals surface area contributed by atoms with Gasteiger partial charge in [0.25, 0.3) is 5.91 Å². The summed E-state index contributed by atoms with van der Waals surface area (Å²) < 4.78 is 1.77. The lowest BCUT2D eigenvalue weighted by Crippen LogP contribution is -2.29. The second kappa shape index (κ2) is 7.87. The van der Waals surface area contributed by atoms with Crippen molar-refractivity contribution in [1.82, 2.24) is 25.6 Å². The first-order valence-corrected chi connectivity index (χ1v) is 8.26. The molecule has 2 aromatic rings. The number of benzene rings is 1. The number of piperidine rings is 1. The minimum Gasteiger partial charge on any atom is -0.352 e. The van der Waals surface area contributed by atoms with Gasteiger partial charge < -0.3 is 10.6 Å². The number of aryl methyl sites for hydroxylation is 1. The van der Waals surface area contributed by atoms with Gasteiger partial charge in [0.15, 0.2) is 0 Å². The Hall–Kier alpha value is -2.21. The van der Waals surface area contributed by atoms with Crippen molar-refractivity contribution >= 4 is 5.91 Å². The molecule has 0 aliphatic carbocycles. The second-order valence-electron chi connectivity index (χ2n) is 5.94. The van der Waals surface area contributed by atoms with Gasteiger partial charge in [-0.2, -0.15) is 0 Å². The van der Waals surface area contributed by atoms with Gasteiger partial charge in [0, 0.05) is 31.4 Å². The fraction of sp³-hybridized carbons (Fsp3) is 0.471. The fourth-order valence-electron chi connectivity index (χ4n) is 2.97. The number of nitrogens with zero attached hydrogens (tertiary/aromatic N) is 3. The summed E-state index contributed by atoms with van der Waals surface area (Å²) in [6, 6.07) is 8.02. The monoisotopic (exact) mass is 313 g/mol. The molecule has 1 unspecified atom stereocenters. The van der Waals surface area contributed by atoms with Crippen molar-refractivity contribution in [2.45, 2.75) is 31.7 Å². The maximum atomic E-state index is 12.3. The standard InChI is InChI=1S/C17H23N5O/c23-17(19-8-3-10-22-11-9-20-21-22)15-5-1-4-14(12-15)16-6-2-7-18-13-16/h1,4-5,9,11-12,16,18H,2-3,6-8,10,13H2,(H,19,23). The van der Waals surface area contributed by atoms with Crippen molar-refractivity contribution in [1.29, 1.82) is 0 Å². The molecule has 1 aromatic carbocycles. The largest absolute Gasteiger partial charge is 0.352 e. The average Bonchev–Trinajstić information content (AvgIpc) is 3.13. The molecule has 3 rings (SSSR count). The lowest BCUT2D eigenvalue weighted by molar-refractivity contribution is 0.0952. The van der Waals surface area contributed by atoms with Gasteiger partial charge in [-0.25, -0.2) is 0 Å². The molecule has 6 heteroatoms. The second-order valence-corrected chi connectivity index (χ2v) is 5.94. The van der Waals surface area contributed by atoms with Gasteiger partial charge in [-0.15, -0.1) is 5.10 Å². The summed E-state index contributed by atoms with van der Waals surface area (Å²) in [7, 11) is 0. The van der Waals surface area contributed by atoms with Gasteiger partial charge in [0.2, 0.25) is 0 Å². The van der Waals surface area contributed by atoms with Gasteiger partial charge in [-0.3, -0.25) is 9.48 Å². The number of aromatic nitrogens is 3. The Morgan fingerprint density at radius 3 is 3.17 bits per heavy atom. The van der Waals surface area contributed by atoms with Gasteiger partial charge in [-0.1, -0.05) is 17.3 Å². The van der Waals surface area contributed by atoms with Crippen LogP contribution in [0.25, 0.3) is 0 Å². The van der Waals surface area contributed by atoms with Crippen LogP contribution in [0, 0.1) is 0 Å². The van der Waals surface area contributed by atoms with Gasteiger partial charge >= 0.3 is 0 Å². The molecular weight excluding hydrogens is 290 g/mol. The zero-order valence-corrected chi connectivity index (χ0v) is 13.2. The molecule has 0 saturated carbocycles. The number of carbonyl (C=O) groups is 1. The van der Waals surface area contributed by atoms with Crippen LogP contribution in [-0.2, 0) is 6.54 Å². The minimum atomic E-state index is -0.00536. The first kappa shape index (κ1) is 15.7. The molecule has 1 aliphatic heterocycles. The molecule has 1 saturated heterocycles. The van der Waals surface area contributed by atoms with Crippen molar-refractivity contribution in [3.05, 3.63) is 47.8 Å². The van der Waals surface area contributed by atoms with Gasteiger partial charge in [-0.05, 0) is 49.4 Å². The molecule has 0 bridgehead atoms. The van der Waals surface area contributed by atoms with E-state index < -0.39 is 0 Å². The SMILES string of the molecule is O=C(NCCCn1ccnn1)c1cccc(C2CCCNC2)c1. The molecule has 1 aliphatic rings. The predicted octanol–water partition coefficient (Wildman–Crippen LogP) is 1.57. The number of nitrogens with one attached hydrogen (secondary N) is 2. The smallest absolute Gasteiger partial charge is 0.251 e. The van der Waals surface area contributed by atoms with Crippen LogP contribution in [-0.4, -0.2) is 40.5 Å². The molecular formula is C17H23N5O. The number of carbonyl (C=O) groups excluding carboxylic acids is 1. The van der Waals surface area contributed by atoms with Crippen LogP contribution >= 0.6 is 0 Å². The van der Waals surface area contributed by atoms with Crippen LogP contribution in [0.3, 0.4) is 0 Å². The third kappa shape index (κ3) is 4.39. The molecule has 0 spiro atoms. The van der Waals surface area contributed by atoms with Crippen molar-refractivity contribution in [2.75, 3.05) is 19.6 Å². The molecule has 1 amide bonds. The highest BCUT2D eigenvalue weighted by Crippen LogP contribution is 2.23. The topological polar surface area (TPSA) is 71.8 Å². The summed E-state index contributed by atoms with van der Waals surface area (Å²) in [6.45, 7) is 3.49. The van der Waals surface area contributed by atoms with Crippen LogP contribution in [0.1, 0.15) is 41.1 Å². The van der Waals surface area contributed by atoms with E-state index in [1.807, 2.05) is 24.4 Å². The van der Waals surface area contributed by atoms with E-state index in [4.69, 9.17) is 0 Å². The Labute approximate surface area is 136 Å². The number of rotatable bonds is 6. The van der Waals surface area contributed by atoms with Crippen molar-refractivity contribution in [2.24, 2.45) is 0 Å². The first-order chi connectivity index (χ1) is 11.3. The zero-order valence-electron chi connectivity index (χ0n) is 13.2. The highest BCUT2D eigenvalue weighted by molar-refractivity contribution is 5.94. The van der Waals surface area contributed by atoms with Crippen LogP contribution < -0.4 is 10.6 Å². The van der Waals surface area contributed by atoms with Crippen LogP contribution in [0.15, 0.2) is 36.7 Å². The number of hydrogen-bond donors (Lipinski definition) is 2. The normalized spacial score (nSPS) is 17.8.